The van der Waals surface area contributed by atoms with Crippen LogP contribution in [0.5, 0.6) is 5.75 Å². The smallest absolute Gasteiger partial charge is 0.144 e. The van der Waals surface area contributed by atoms with E-state index in [-0.39, 0.29) is 0 Å². The quantitative estimate of drug-likeness (QED) is 0.631. The number of ether oxygens (including phenoxy) is 1. The standard InChI is InChI=1S/C9H7IN2O/c1-2-3-13-9-4-7(5-11)12-6-8(9)10/h2,4,6H,1,3H2. The molecule has 0 N–H and O–H groups in total. The molecule has 0 spiro atoms. The Labute approximate surface area is 90.2 Å². The Morgan fingerprint density at radius 3 is 3.15 bits per heavy atom. The molecule has 1 heterocycles. The minimum absolute atomic E-state index is 0.361. The van der Waals surface area contributed by atoms with Crippen LogP contribution in [0, 0.1) is 14.9 Å². The van der Waals surface area contributed by atoms with Gasteiger partial charge in [-0.15, -0.1) is 0 Å². The van der Waals surface area contributed by atoms with Gasteiger partial charge in [0.05, 0.1) is 3.57 Å². The summed E-state index contributed by atoms with van der Waals surface area (Å²) in [7, 11) is 0. The van der Waals surface area contributed by atoms with Crippen LogP contribution in [0.4, 0.5) is 0 Å². The largest absolute Gasteiger partial charge is 0.488 e. The summed E-state index contributed by atoms with van der Waals surface area (Å²) in [4.78, 5) is 3.89. The van der Waals surface area contributed by atoms with Crippen molar-refractivity contribution in [2.24, 2.45) is 0 Å². The molecule has 13 heavy (non-hydrogen) atoms. The molecule has 3 nitrogen and oxygen atoms in total. The second-order valence-electron chi connectivity index (χ2n) is 2.21. The monoisotopic (exact) mass is 286 g/mol. The summed E-state index contributed by atoms with van der Waals surface area (Å²) in [6.45, 7) is 3.98. The van der Waals surface area contributed by atoms with Gasteiger partial charge < -0.3 is 4.74 Å². The van der Waals surface area contributed by atoms with E-state index in [0.717, 1.165) is 3.57 Å². The molecule has 0 amide bonds. The van der Waals surface area contributed by atoms with E-state index in [0.29, 0.717) is 18.1 Å². The van der Waals surface area contributed by atoms with Crippen LogP contribution in [-0.2, 0) is 0 Å². The lowest BCUT2D eigenvalue weighted by Crippen LogP contribution is -1.96. The van der Waals surface area contributed by atoms with Crippen molar-refractivity contribution in [1.82, 2.24) is 4.98 Å². The molecule has 0 aliphatic carbocycles. The van der Waals surface area contributed by atoms with E-state index in [1.807, 2.05) is 6.07 Å². The van der Waals surface area contributed by atoms with Crippen LogP contribution in [0.1, 0.15) is 5.69 Å². The van der Waals surface area contributed by atoms with Crippen LogP contribution in [0.3, 0.4) is 0 Å². The van der Waals surface area contributed by atoms with Gasteiger partial charge in [-0.3, -0.25) is 0 Å². The minimum Gasteiger partial charge on any atom is -0.488 e. The van der Waals surface area contributed by atoms with Gasteiger partial charge in [-0.25, -0.2) is 4.98 Å². The molecule has 0 saturated heterocycles. The molecule has 0 saturated carbocycles. The van der Waals surface area contributed by atoms with Crippen molar-refractivity contribution >= 4 is 22.6 Å². The van der Waals surface area contributed by atoms with E-state index >= 15 is 0 Å². The molecule has 1 aromatic rings. The maximum Gasteiger partial charge on any atom is 0.144 e. The molecular weight excluding hydrogens is 279 g/mol. The highest BCUT2D eigenvalue weighted by molar-refractivity contribution is 14.1. The van der Waals surface area contributed by atoms with Crippen molar-refractivity contribution in [2.75, 3.05) is 6.61 Å². The first-order chi connectivity index (χ1) is 6.27. The third kappa shape index (κ3) is 2.70. The van der Waals surface area contributed by atoms with Crippen molar-refractivity contribution in [1.29, 1.82) is 5.26 Å². The molecular formula is C9H7IN2O. The molecule has 66 valence electrons. The number of aromatic nitrogens is 1. The molecule has 4 heteroatoms. The average Bonchev–Trinajstić information content (AvgIpc) is 2.17. The Morgan fingerprint density at radius 2 is 2.54 bits per heavy atom. The summed E-state index contributed by atoms with van der Waals surface area (Å²) in [6, 6.07) is 3.57. The number of pyridine rings is 1. The highest BCUT2D eigenvalue weighted by Gasteiger charge is 2.02. The fourth-order valence-electron chi connectivity index (χ4n) is 0.741. The Bertz CT molecular complexity index is 357. The number of halogens is 1. The van der Waals surface area contributed by atoms with Crippen molar-refractivity contribution in [3.63, 3.8) is 0 Å². The lowest BCUT2D eigenvalue weighted by molar-refractivity contribution is 0.360. The molecule has 0 fully saturated rings. The second kappa shape index (κ2) is 4.82. The highest BCUT2D eigenvalue weighted by atomic mass is 127. The van der Waals surface area contributed by atoms with Crippen LogP contribution in [0.2, 0.25) is 0 Å². The van der Waals surface area contributed by atoms with Gasteiger partial charge in [0.2, 0.25) is 0 Å². The zero-order chi connectivity index (χ0) is 9.68. The van der Waals surface area contributed by atoms with Crippen LogP contribution >= 0.6 is 22.6 Å². The predicted molar refractivity (Wildman–Crippen MR) is 57.4 cm³/mol. The summed E-state index contributed by atoms with van der Waals surface area (Å²) < 4.78 is 6.20. The van der Waals surface area contributed by atoms with Crippen LogP contribution in [0.25, 0.3) is 0 Å². The summed E-state index contributed by atoms with van der Waals surface area (Å²) in [5.41, 5.74) is 0.361. The molecule has 0 unspecified atom stereocenters. The summed E-state index contributed by atoms with van der Waals surface area (Å²) >= 11 is 2.10. The molecule has 0 bridgehead atoms. The van der Waals surface area contributed by atoms with Gasteiger partial charge in [0.25, 0.3) is 0 Å². The third-order valence-electron chi connectivity index (χ3n) is 1.29. The zero-order valence-electron chi connectivity index (χ0n) is 6.83. The lowest BCUT2D eigenvalue weighted by atomic mass is 10.3. The fourth-order valence-corrected chi connectivity index (χ4v) is 1.19. The SMILES string of the molecule is C=CCOc1cc(C#N)ncc1I. The molecule has 0 atom stereocenters. The lowest BCUT2D eigenvalue weighted by Gasteiger charge is -2.04. The molecule has 1 rings (SSSR count). The zero-order valence-corrected chi connectivity index (χ0v) is 8.98. The van der Waals surface area contributed by atoms with E-state index in [9.17, 15) is 0 Å². The first-order valence-electron chi connectivity index (χ1n) is 3.57. The van der Waals surface area contributed by atoms with E-state index in [2.05, 4.69) is 34.2 Å². The number of nitriles is 1. The molecule has 1 aromatic heterocycles. The van der Waals surface area contributed by atoms with E-state index in [1.165, 1.54) is 0 Å². The van der Waals surface area contributed by atoms with E-state index in [1.54, 1.807) is 18.3 Å². The van der Waals surface area contributed by atoms with E-state index < -0.39 is 0 Å². The van der Waals surface area contributed by atoms with Crippen molar-refractivity contribution in [3.05, 3.63) is 34.2 Å². The first kappa shape index (κ1) is 9.99. The van der Waals surface area contributed by atoms with E-state index in [4.69, 9.17) is 10.00 Å². The van der Waals surface area contributed by atoms with Gasteiger partial charge in [-0.1, -0.05) is 12.7 Å². The number of nitrogens with zero attached hydrogens (tertiary/aromatic N) is 2. The Kier molecular flexibility index (Phi) is 3.71. The Balaban J connectivity index is 2.91. The van der Waals surface area contributed by atoms with Gasteiger partial charge >= 0.3 is 0 Å². The molecule has 0 aliphatic heterocycles. The van der Waals surface area contributed by atoms with Crippen LogP contribution < -0.4 is 4.74 Å². The molecule has 0 radical (unpaired) electrons. The van der Waals surface area contributed by atoms with Gasteiger partial charge in [0.15, 0.2) is 0 Å². The van der Waals surface area contributed by atoms with Crippen LogP contribution in [-0.4, -0.2) is 11.6 Å². The predicted octanol–water partition coefficient (Wildman–Crippen LogP) is 2.12. The van der Waals surface area contributed by atoms with Gasteiger partial charge in [0.1, 0.15) is 24.1 Å². The normalized spacial score (nSPS) is 8.92. The maximum atomic E-state index is 8.59. The van der Waals surface area contributed by atoms with Gasteiger partial charge in [0, 0.05) is 12.3 Å². The Morgan fingerprint density at radius 1 is 1.77 bits per heavy atom. The summed E-state index contributed by atoms with van der Waals surface area (Å²) in [6.07, 6.45) is 3.26. The number of hydrogen-bond acceptors (Lipinski definition) is 3. The highest BCUT2D eigenvalue weighted by Crippen LogP contribution is 2.20. The van der Waals surface area contributed by atoms with Gasteiger partial charge in [-0.05, 0) is 22.6 Å². The number of rotatable bonds is 3. The summed E-state index contributed by atoms with van der Waals surface area (Å²) in [5, 5.41) is 8.59. The summed E-state index contributed by atoms with van der Waals surface area (Å²) in [5.74, 6) is 0.673. The average molecular weight is 286 g/mol. The van der Waals surface area contributed by atoms with Crippen molar-refractivity contribution in [3.8, 4) is 11.8 Å². The molecule has 0 aromatic carbocycles. The maximum absolute atomic E-state index is 8.59. The van der Waals surface area contributed by atoms with Crippen LogP contribution in [0.15, 0.2) is 24.9 Å². The van der Waals surface area contributed by atoms with Gasteiger partial charge in [-0.2, -0.15) is 5.26 Å². The Hall–Kier alpha value is -1.09. The minimum atomic E-state index is 0.361. The fraction of sp³-hybridized carbons (Fsp3) is 0.111. The third-order valence-corrected chi connectivity index (χ3v) is 2.10. The topological polar surface area (TPSA) is 45.9 Å². The first-order valence-corrected chi connectivity index (χ1v) is 4.65. The van der Waals surface area contributed by atoms with Crippen molar-refractivity contribution in [2.45, 2.75) is 0 Å². The van der Waals surface area contributed by atoms with Crippen molar-refractivity contribution < 1.29 is 4.74 Å². The number of hydrogen-bond donors (Lipinski definition) is 0. The molecule has 0 aliphatic rings. The second-order valence-corrected chi connectivity index (χ2v) is 3.37.